The minimum atomic E-state index is -4.46. The topological polar surface area (TPSA) is 76.9 Å². The minimum Gasteiger partial charge on any atom is -0.355 e. The molecule has 1 N–H and O–H groups in total. The second kappa shape index (κ2) is 8.20. The number of alkyl halides is 3. The van der Waals surface area contributed by atoms with E-state index in [-0.39, 0.29) is 23.4 Å². The monoisotopic (exact) mass is 402 g/mol. The molecular weight excluding hydrogens is 381 g/mol. The predicted octanol–water partition coefficient (Wildman–Crippen LogP) is 2.33. The van der Waals surface area contributed by atoms with Gasteiger partial charge in [-0.05, 0) is 32.9 Å². The molecule has 148 valence electrons. The number of amides is 1. The summed E-state index contributed by atoms with van der Waals surface area (Å²) < 4.78 is 50.8. The van der Waals surface area contributed by atoms with Crippen molar-refractivity contribution in [1.29, 1.82) is 0 Å². The maximum absolute atomic E-state index is 12.7. The van der Waals surface area contributed by atoms with Crippen molar-refractivity contribution < 1.29 is 22.2 Å². The Bertz CT molecular complexity index is 847. The molecule has 6 nitrogen and oxygen atoms in total. The van der Waals surface area contributed by atoms with Gasteiger partial charge in [0.1, 0.15) is 0 Å². The van der Waals surface area contributed by atoms with E-state index in [9.17, 15) is 22.2 Å². The summed E-state index contributed by atoms with van der Waals surface area (Å²) in [7, 11) is -1.03. The first kappa shape index (κ1) is 21.1. The smallest absolute Gasteiger partial charge is 0.355 e. The number of hydrogen-bond donors (Lipinski definition) is 1. The second-order valence-corrected chi connectivity index (χ2v) is 8.06. The SMILES string of the molecule is Cc1nn(-c2ccc(C(F)(F)F)cn2)c(C)c1CC(=O)NCC(C)S(C)=O. The molecule has 2 rings (SSSR count). The van der Waals surface area contributed by atoms with Crippen LogP contribution in [0.25, 0.3) is 5.82 Å². The molecule has 0 radical (unpaired) electrons. The summed E-state index contributed by atoms with van der Waals surface area (Å²) in [5, 5.41) is 6.87. The zero-order valence-corrected chi connectivity index (χ0v) is 16.2. The fourth-order valence-corrected chi connectivity index (χ4v) is 2.75. The molecule has 2 atom stereocenters. The summed E-state index contributed by atoms with van der Waals surface area (Å²) in [5.74, 6) is 0.00342. The number of aromatic nitrogens is 3. The minimum absolute atomic E-state index is 0.0708. The summed E-state index contributed by atoms with van der Waals surface area (Å²) in [4.78, 5) is 16.0. The van der Waals surface area contributed by atoms with Gasteiger partial charge in [-0.25, -0.2) is 9.67 Å². The van der Waals surface area contributed by atoms with Crippen LogP contribution >= 0.6 is 0 Å². The molecule has 10 heteroatoms. The third kappa shape index (κ3) is 5.15. The third-order valence-corrected chi connectivity index (χ3v) is 5.52. The second-order valence-electron chi connectivity index (χ2n) is 6.25. The van der Waals surface area contributed by atoms with Crippen molar-refractivity contribution in [3.05, 3.63) is 40.8 Å². The highest BCUT2D eigenvalue weighted by molar-refractivity contribution is 7.84. The Morgan fingerprint density at radius 2 is 2.00 bits per heavy atom. The van der Waals surface area contributed by atoms with Crippen LogP contribution in [0, 0.1) is 13.8 Å². The van der Waals surface area contributed by atoms with Gasteiger partial charge in [-0.1, -0.05) is 0 Å². The zero-order chi connectivity index (χ0) is 20.4. The van der Waals surface area contributed by atoms with Crippen LogP contribution in [0.2, 0.25) is 0 Å². The number of carbonyl (C=O) groups excluding carboxylic acids is 1. The lowest BCUT2D eigenvalue weighted by Crippen LogP contribution is -2.33. The fraction of sp³-hybridized carbons (Fsp3) is 0.471. The van der Waals surface area contributed by atoms with Crippen LogP contribution < -0.4 is 5.32 Å². The van der Waals surface area contributed by atoms with Crippen molar-refractivity contribution in [2.75, 3.05) is 12.8 Å². The van der Waals surface area contributed by atoms with Gasteiger partial charge in [0.25, 0.3) is 0 Å². The molecule has 2 unspecified atom stereocenters. The van der Waals surface area contributed by atoms with Crippen LogP contribution in [0.4, 0.5) is 13.2 Å². The zero-order valence-electron chi connectivity index (χ0n) is 15.4. The maximum Gasteiger partial charge on any atom is 0.417 e. The molecule has 0 bridgehead atoms. The van der Waals surface area contributed by atoms with Crippen molar-refractivity contribution in [3.63, 3.8) is 0 Å². The Kier molecular flexibility index (Phi) is 6.40. The van der Waals surface area contributed by atoms with E-state index >= 15 is 0 Å². The van der Waals surface area contributed by atoms with E-state index in [2.05, 4.69) is 15.4 Å². The Morgan fingerprint density at radius 3 is 2.52 bits per heavy atom. The summed E-state index contributed by atoms with van der Waals surface area (Å²) in [6, 6.07) is 2.18. The van der Waals surface area contributed by atoms with E-state index in [1.54, 1.807) is 27.0 Å². The molecule has 2 heterocycles. The highest BCUT2D eigenvalue weighted by Crippen LogP contribution is 2.29. The molecule has 0 spiro atoms. The summed E-state index contributed by atoms with van der Waals surface area (Å²) in [6.07, 6.45) is -2.05. The normalized spacial score (nSPS) is 14.0. The van der Waals surface area contributed by atoms with Crippen LogP contribution in [0.1, 0.15) is 29.4 Å². The van der Waals surface area contributed by atoms with Crippen LogP contribution in [-0.2, 0) is 28.2 Å². The quantitative estimate of drug-likeness (QED) is 0.805. The highest BCUT2D eigenvalue weighted by atomic mass is 32.2. The number of rotatable bonds is 6. The van der Waals surface area contributed by atoms with Gasteiger partial charge in [0.2, 0.25) is 5.91 Å². The average Bonchev–Trinajstić information content (AvgIpc) is 2.87. The van der Waals surface area contributed by atoms with Crippen LogP contribution in [0.5, 0.6) is 0 Å². The van der Waals surface area contributed by atoms with Crippen molar-refractivity contribution in [2.24, 2.45) is 0 Å². The molecular formula is C17H21F3N4O2S. The average molecular weight is 402 g/mol. The Hall–Kier alpha value is -2.23. The molecule has 1 amide bonds. The summed E-state index contributed by atoms with van der Waals surface area (Å²) in [6.45, 7) is 5.53. The van der Waals surface area contributed by atoms with Gasteiger partial charge in [-0.15, -0.1) is 0 Å². The Morgan fingerprint density at radius 1 is 1.33 bits per heavy atom. The number of aryl methyl sites for hydroxylation is 1. The molecule has 2 aromatic heterocycles. The van der Waals surface area contributed by atoms with Gasteiger partial charge in [0, 0.05) is 46.3 Å². The van der Waals surface area contributed by atoms with Gasteiger partial charge in [-0.3, -0.25) is 9.00 Å². The first-order chi connectivity index (χ1) is 12.5. The molecule has 0 fully saturated rings. The number of pyridine rings is 1. The first-order valence-electron chi connectivity index (χ1n) is 8.18. The number of halogens is 3. The van der Waals surface area contributed by atoms with E-state index in [1.807, 2.05) is 0 Å². The molecule has 27 heavy (non-hydrogen) atoms. The molecule has 0 aromatic carbocycles. The third-order valence-electron chi connectivity index (χ3n) is 4.22. The van der Waals surface area contributed by atoms with Crippen molar-refractivity contribution >= 4 is 16.7 Å². The number of hydrogen-bond acceptors (Lipinski definition) is 4. The van der Waals surface area contributed by atoms with Gasteiger partial charge < -0.3 is 5.32 Å². The van der Waals surface area contributed by atoms with E-state index in [0.29, 0.717) is 23.5 Å². The standard InChI is InChI=1S/C17H21F3N4O2S/c1-10(27(4)26)8-22-16(25)7-14-11(2)23-24(12(14)3)15-6-5-13(9-21-15)17(18,19)20/h5-6,9-10H,7-8H2,1-4H3,(H,22,25). The molecule has 0 aliphatic carbocycles. The van der Waals surface area contributed by atoms with Crippen LogP contribution in [-0.4, -0.2) is 42.9 Å². The largest absolute Gasteiger partial charge is 0.417 e. The Balaban J connectivity index is 2.16. The number of carbonyl (C=O) groups is 1. The highest BCUT2D eigenvalue weighted by Gasteiger charge is 2.30. The summed E-state index contributed by atoms with van der Waals surface area (Å²) in [5.41, 5.74) is 1.06. The van der Waals surface area contributed by atoms with E-state index in [4.69, 9.17) is 0 Å². The lowest BCUT2D eigenvalue weighted by Gasteiger charge is -2.10. The molecule has 0 aliphatic rings. The van der Waals surface area contributed by atoms with Crippen molar-refractivity contribution in [2.45, 2.75) is 38.6 Å². The predicted molar refractivity (Wildman–Crippen MR) is 96.1 cm³/mol. The van der Waals surface area contributed by atoms with Crippen LogP contribution in [0.3, 0.4) is 0 Å². The molecule has 0 aliphatic heterocycles. The lowest BCUT2D eigenvalue weighted by atomic mass is 10.1. The fourth-order valence-electron chi connectivity index (χ4n) is 2.43. The van der Waals surface area contributed by atoms with Gasteiger partial charge in [-0.2, -0.15) is 18.3 Å². The molecule has 0 saturated heterocycles. The first-order valence-corrected chi connectivity index (χ1v) is 9.80. The van der Waals surface area contributed by atoms with E-state index in [0.717, 1.165) is 12.3 Å². The van der Waals surface area contributed by atoms with Gasteiger partial charge >= 0.3 is 6.18 Å². The van der Waals surface area contributed by atoms with E-state index in [1.165, 1.54) is 10.7 Å². The maximum atomic E-state index is 12.7. The molecule has 0 saturated carbocycles. The van der Waals surface area contributed by atoms with Crippen LogP contribution in [0.15, 0.2) is 18.3 Å². The summed E-state index contributed by atoms with van der Waals surface area (Å²) >= 11 is 0. The Labute approximate surface area is 157 Å². The van der Waals surface area contributed by atoms with Gasteiger partial charge in [0.15, 0.2) is 5.82 Å². The van der Waals surface area contributed by atoms with Gasteiger partial charge in [0.05, 0.1) is 17.7 Å². The number of nitrogens with one attached hydrogen (secondary N) is 1. The number of nitrogens with zero attached hydrogens (tertiary/aromatic N) is 3. The van der Waals surface area contributed by atoms with Crippen molar-refractivity contribution in [3.8, 4) is 5.82 Å². The van der Waals surface area contributed by atoms with E-state index < -0.39 is 22.5 Å². The van der Waals surface area contributed by atoms with Crippen molar-refractivity contribution in [1.82, 2.24) is 20.1 Å². The molecule has 2 aromatic rings. The lowest BCUT2D eigenvalue weighted by molar-refractivity contribution is -0.137.